The lowest BCUT2D eigenvalue weighted by molar-refractivity contribution is 0.0628. The number of para-hydroxylation sites is 1. The van der Waals surface area contributed by atoms with Crippen LogP contribution in [0.25, 0.3) is 0 Å². The molecule has 3 heterocycles. The Morgan fingerprint density at radius 2 is 1.54 bits per heavy atom. The molecule has 3 heteroatoms. The molecule has 3 aliphatic rings. The lowest BCUT2D eigenvalue weighted by Crippen LogP contribution is -2.47. The van der Waals surface area contributed by atoms with Gasteiger partial charge in [0.1, 0.15) is 0 Å². The van der Waals surface area contributed by atoms with Crippen LogP contribution in [0.15, 0.2) is 30.3 Å². The number of nitrogens with one attached hydrogen (secondary N) is 1. The summed E-state index contributed by atoms with van der Waals surface area (Å²) in [7, 11) is 0. The van der Waals surface area contributed by atoms with Gasteiger partial charge in [-0.25, -0.2) is 0 Å². The van der Waals surface area contributed by atoms with Gasteiger partial charge in [0, 0.05) is 25.3 Å². The van der Waals surface area contributed by atoms with Gasteiger partial charge in [0.2, 0.25) is 0 Å². The Morgan fingerprint density at radius 3 is 2.21 bits per heavy atom. The summed E-state index contributed by atoms with van der Waals surface area (Å²) < 4.78 is 0. The Kier molecular flexibility index (Phi) is 5.09. The molecule has 1 aromatic rings. The average molecular weight is 328 g/mol. The lowest BCUT2D eigenvalue weighted by atomic mass is 9.71. The molecule has 0 amide bonds. The first-order chi connectivity index (χ1) is 11.8. The third-order valence-electron chi connectivity index (χ3n) is 6.83. The van der Waals surface area contributed by atoms with E-state index in [-0.39, 0.29) is 0 Å². The minimum atomic E-state index is 0.693. The summed E-state index contributed by atoms with van der Waals surface area (Å²) in [6.07, 6.45) is 8.43. The van der Waals surface area contributed by atoms with E-state index >= 15 is 0 Å². The summed E-state index contributed by atoms with van der Waals surface area (Å²) in [5.41, 5.74) is 2.10. The molecule has 0 aromatic heterocycles. The summed E-state index contributed by atoms with van der Waals surface area (Å²) >= 11 is 0. The van der Waals surface area contributed by atoms with Crippen molar-refractivity contribution in [2.24, 2.45) is 11.3 Å². The van der Waals surface area contributed by atoms with Crippen molar-refractivity contribution in [3.8, 4) is 0 Å². The Balaban J connectivity index is 1.22. The molecular formula is C21H33N3. The SMILES string of the molecule is c1ccc(N2CCC(CN3CCC4(CCNCC4)CC3)CC2)cc1. The molecule has 1 spiro atoms. The van der Waals surface area contributed by atoms with E-state index in [9.17, 15) is 0 Å². The molecule has 0 unspecified atom stereocenters. The molecule has 0 aliphatic carbocycles. The van der Waals surface area contributed by atoms with Crippen LogP contribution in [0, 0.1) is 11.3 Å². The van der Waals surface area contributed by atoms with Gasteiger partial charge in [0.05, 0.1) is 0 Å². The van der Waals surface area contributed by atoms with Gasteiger partial charge >= 0.3 is 0 Å². The predicted octanol–water partition coefficient (Wildman–Crippen LogP) is 3.37. The molecule has 0 saturated carbocycles. The molecule has 132 valence electrons. The van der Waals surface area contributed by atoms with Crippen molar-refractivity contribution in [2.45, 2.75) is 38.5 Å². The lowest BCUT2D eigenvalue weighted by Gasteiger charge is -2.45. The van der Waals surface area contributed by atoms with Crippen LogP contribution in [0.3, 0.4) is 0 Å². The number of nitrogens with zero attached hydrogens (tertiary/aromatic N) is 2. The van der Waals surface area contributed by atoms with Crippen molar-refractivity contribution in [2.75, 3.05) is 50.7 Å². The molecule has 1 N–H and O–H groups in total. The van der Waals surface area contributed by atoms with Crippen molar-refractivity contribution < 1.29 is 0 Å². The number of rotatable bonds is 3. The highest BCUT2D eigenvalue weighted by molar-refractivity contribution is 5.46. The summed E-state index contributed by atoms with van der Waals surface area (Å²) in [6, 6.07) is 10.9. The highest BCUT2D eigenvalue weighted by Gasteiger charge is 2.36. The normalized spacial score (nSPS) is 25.9. The van der Waals surface area contributed by atoms with E-state index in [1.54, 1.807) is 0 Å². The number of likely N-dealkylation sites (tertiary alicyclic amines) is 1. The van der Waals surface area contributed by atoms with Crippen LogP contribution in [-0.2, 0) is 0 Å². The van der Waals surface area contributed by atoms with Gasteiger partial charge in [0.25, 0.3) is 0 Å². The Hall–Kier alpha value is -1.06. The second-order valence-electron chi connectivity index (χ2n) is 8.32. The molecule has 24 heavy (non-hydrogen) atoms. The van der Waals surface area contributed by atoms with Crippen molar-refractivity contribution in [3.05, 3.63) is 30.3 Å². The molecule has 3 aliphatic heterocycles. The first-order valence-corrected chi connectivity index (χ1v) is 10.1. The predicted molar refractivity (Wildman–Crippen MR) is 102 cm³/mol. The maximum absolute atomic E-state index is 3.53. The van der Waals surface area contributed by atoms with E-state index in [1.165, 1.54) is 90.0 Å². The molecule has 3 nitrogen and oxygen atoms in total. The molecule has 0 atom stereocenters. The first-order valence-electron chi connectivity index (χ1n) is 10.1. The highest BCUT2D eigenvalue weighted by atomic mass is 15.2. The van der Waals surface area contributed by atoms with Gasteiger partial charge in [-0.1, -0.05) is 18.2 Å². The maximum atomic E-state index is 3.53. The third-order valence-corrected chi connectivity index (χ3v) is 6.83. The largest absolute Gasteiger partial charge is 0.372 e. The second kappa shape index (κ2) is 7.45. The molecule has 1 aromatic carbocycles. The monoisotopic (exact) mass is 327 g/mol. The van der Waals surface area contributed by atoms with E-state index < -0.39 is 0 Å². The van der Waals surface area contributed by atoms with Gasteiger partial charge in [-0.15, -0.1) is 0 Å². The molecule has 4 rings (SSSR count). The van der Waals surface area contributed by atoms with E-state index in [0.717, 1.165) is 5.92 Å². The van der Waals surface area contributed by atoms with Crippen LogP contribution >= 0.6 is 0 Å². The molecule has 3 fully saturated rings. The first kappa shape index (κ1) is 16.4. The van der Waals surface area contributed by atoms with Crippen LogP contribution in [0.2, 0.25) is 0 Å². The smallest absolute Gasteiger partial charge is 0.0366 e. The van der Waals surface area contributed by atoms with Crippen molar-refractivity contribution >= 4 is 5.69 Å². The van der Waals surface area contributed by atoms with E-state index in [0.29, 0.717) is 5.41 Å². The highest BCUT2D eigenvalue weighted by Crippen LogP contribution is 2.39. The van der Waals surface area contributed by atoms with Crippen molar-refractivity contribution in [1.29, 1.82) is 0 Å². The topological polar surface area (TPSA) is 18.5 Å². The maximum Gasteiger partial charge on any atom is 0.0366 e. The molecule has 3 saturated heterocycles. The van der Waals surface area contributed by atoms with Gasteiger partial charge in [-0.3, -0.25) is 0 Å². The van der Waals surface area contributed by atoms with Crippen molar-refractivity contribution in [3.63, 3.8) is 0 Å². The second-order valence-corrected chi connectivity index (χ2v) is 8.32. The fraction of sp³-hybridized carbons (Fsp3) is 0.714. The number of benzene rings is 1. The Labute approximate surface area is 147 Å². The molecule has 0 radical (unpaired) electrons. The zero-order valence-electron chi connectivity index (χ0n) is 15.1. The summed E-state index contributed by atoms with van der Waals surface area (Å²) in [6.45, 7) is 9.00. The van der Waals surface area contributed by atoms with Gasteiger partial charge in [0.15, 0.2) is 0 Å². The Bertz CT molecular complexity index is 491. The minimum Gasteiger partial charge on any atom is -0.372 e. The summed E-state index contributed by atoms with van der Waals surface area (Å²) in [5.74, 6) is 0.909. The van der Waals surface area contributed by atoms with Crippen LogP contribution < -0.4 is 10.2 Å². The van der Waals surface area contributed by atoms with Crippen LogP contribution in [0.4, 0.5) is 5.69 Å². The average Bonchev–Trinajstić information content (AvgIpc) is 2.66. The molecule has 0 bridgehead atoms. The Morgan fingerprint density at radius 1 is 0.875 bits per heavy atom. The number of hydrogen-bond acceptors (Lipinski definition) is 3. The van der Waals surface area contributed by atoms with Gasteiger partial charge in [-0.2, -0.15) is 0 Å². The van der Waals surface area contributed by atoms with Crippen LogP contribution in [0.5, 0.6) is 0 Å². The van der Waals surface area contributed by atoms with Gasteiger partial charge in [-0.05, 0) is 88.2 Å². The summed E-state index contributed by atoms with van der Waals surface area (Å²) in [5, 5.41) is 3.53. The van der Waals surface area contributed by atoms with E-state index in [2.05, 4.69) is 45.4 Å². The summed E-state index contributed by atoms with van der Waals surface area (Å²) in [4.78, 5) is 5.34. The van der Waals surface area contributed by atoms with Crippen LogP contribution in [-0.4, -0.2) is 50.7 Å². The molecular weight excluding hydrogens is 294 g/mol. The van der Waals surface area contributed by atoms with Crippen LogP contribution in [0.1, 0.15) is 38.5 Å². The van der Waals surface area contributed by atoms with Gasteiger partial charge < -0.3 is 15.1 Å². The zero-order valence-corrected chi connectivity index (χ0v) is 15.1. The fourth-order valence-electron chi connectivity index (χ4n) is 5.04. The fourth-order valence-corrected chi connectivity index (χ4v) is 5.04. The number of anilines is 1. The number of piperidine rings is 3. The van der Waals surface area contributed by atoms with E-state index in [4.69, 9.17) is 0 Å². The quantitative estimate of drug-likeness (QED) is 0.918. The minimum absolute atomic E-state index is 0.693. The number of hydrogen-bond donors (Lipinski definition) is 1. The zero-order chi connectivity index (χ0) is 16.2. The van der Waals surface area contributed by atoms with E-state index in [1.807, 2.05) is 0 Å². The third kappa shape index (κ3) is 3.78. The standard InChI is InChI=1S/C21H33N3/c1-2-4-20(5-3-1)24-14-6-19(7-15-24)18-23-16-10-21(11-17-23)8-12-22-13-9-21/h1-5,19,22H,6-18H2. The van der Waals surface area contributed by atoms with Crippen molar-refractivity contribution in [1.82, 2.24) is 10.2 Å².